The number of nitrogens with one attached hydrogen (secondary N) is 1. The molecule has 2 aromatic carbocycles. The van der Waals surface area contributed by atoms with Gasteiger partial charge in [-0.05, 0) is 61.4 Å². The number of amides is 1. The Labute approximate surface area is 168 Å². The van der Waals surface area contributed by atoms with Crippen LogP contribution in [-0.2, 0) is 11.3 Å². The number of carbonyl (C=O) groups is 1. The summed E-state index contributed by atoms with van der Waals surface area (Å²) in [5, 5.41) is 7.08. The molecule has 0 aliphatic rings. The molecule has 0 atom stereocenters. The lowest BCUT2D eigenvalue weighted by Gasteiger charge is -2.09. The molecule has 0 fully saturated rings. The van der Waals surface area contributed by atoms with Crippen LogP contribution in [0.25, 0.3) is 11.3 Å². The molecular weight excluding hydrogens is 373 g/mol. The van der Waals surface area contributed by atoms with Gasteiger partial charge in [0.15, 0.2) is 6.61 Å². The molecule has 0 radical (unpaired) electrons. The van der Waals surface area contributed by atoms with E-state index in [9.17, 15) is 14.0 Å². The molecule has 3 aromatic rings. The van der Waals surface area contributed by atoms with Crippen LogP contribution >= 0.6 is 0 Å². The van der Waals surface area contributed by atoms with Gasteiger partial charge in [0, 0.05) is 24.7 Å². The standard InChI is InChI=1S/C22H22FN3O3/c1-16-4-2-5-19(14-16)29-15-21(27)24-12-3-13-26-22(28)11-10-20(25-26)17-6-8-18(23)9-7-17/h2,4-11,14H,3,12-13,15H2,1H3,(H,24,27). The molecule has 0 saturated heterocycles. The maximum atomic E-state index is 13.1. The Morgan fingerprint density at radius 3 is 2.69 bits per heavy atom. The van der Waals surface area contributed by atoms with Crippen LogP contribution < -0.4 is 15.6 Å². The number of hydrogen-bond acceptors (Lipinski definition) is 4. The van der Waals surface area contributed by atoms with Gasteiger partial charge >= 0.3 is 0 Å². The van der Waals surface area contributed by atoms with Gasteiger partial charge in [0.2, 0.25) is 0 Å². The predicted octanol–water partition coefficient (Wildman–Crippen LogP) is 2.94. The van der Waals surface area contributed by atoms with Crippen LogP contribution in [0.2, 0.25) is 0 Å². The first-order valence-corrected chi connectivity index (χ1v) is 9.31. The zero-order valence-corrected chi connectivity index (χ0v) is 16.1. The Hall–Kier alpha value is -3.48. The number of halogens is 1. The number of carbonyl (C=O) groups excluding carboxylic acids is 1. The number of benzene rings is 2. The van der Waals surface area contributed by atoms with Gasteiger partial charge in [-0.2, -0.15) is 5.10 Å². The SMILES string of the molecule is Cc1cccc(OCC(=O)NCCCn2nc(-c3ccc(F)cc3)ccc2=O)c1. The van der Waals surface area contributed by atoms with Crippen LogP contribution in [0, 0.1) is 12.7 Å². The molecule has 0 bridgehead atoms. The van der Waals surface area contributed by atoms with Crippen molar-refractivity contribution in [1.82, 2.24) is 15.1 Å². The minimum absolute atomic E-state index is 0.0678. The van der Waals surface area contributed by atoms with Gasteiger partial charge in [0.25, 0.3) is 11.5 Å². The summed E-state index contributed by atoms with van der Waals surface area (Å²) < 4.78 is 19.9. The molecule has 1 N–H and O–H groups in total. The van der Waals surface area contributed by atoms with E-state index in [1.54, 1.807) is 24.3 Å². The second kappa shape index (κ2) is 9.64. The number of aryl methyl sites for hydroxylation is 2. The third kappa shape index (κ3) is 6.00. The van der Waals surface area contributed by atoms with Crippen LogP contribution in [0.3, 0.4) is 0 Å². The molecule has 0 spiro atoms. The van der Waals surface area contributed by atoms with Gasteiger partial charge in [0.05, 0.1) is 5.69 Å². The summed E-state index contributed by atoms with van der Waals surface area (Å²) in [6.45, 7) is 2.63. The minimum atomic E-state index is -0.329. The lowest BCUT2D eigenvalue weighted by Crippen LogP contribution is -2.31. The molecule has 1 heterocycles. The molecule has 1 aromatic heterocycles. The quantitative estimate of drug-likeness (QED) is 0.595. The fourth-order valence-corrected chi connectivity index (χ4v) is 2.75. The van der Waals surface area contributed by atoms with E-state index in [-0.39, 0.29) is 23.9 Å². The largest absolute Gasteiger partial charge is 0.484 e. The monoisotopic (exact) mass is 395 g/mol. The fourth-order valence-electron chi connectivity index (χ4n) is 2.75. The van der Waals surface area contributed by atoms with Crippen LogP contribution in [-0.4, -0.2) is 28.8 Å². The van der Waals surface area contributed by atoms with Crippen molar-refractivity contribution in [1.29, 1.82) is 0 Å². The highest BCUT2D eigenvalue weighted by Gasteiger charge is 2.06. The van der Waals surface area contributed by atoms with Crippen molar-refractivity contribution in [3.8, 4) is 17.0 Å². The minimum Gasteiger partial charge on any atom is -0.484 e. The van der Waals surface area contributed by atoms with Crippen molar-refractivity contribution in [2.45, 2.75) is 19.9 Å². The topological polar surface area (TPSA) is 73.2 Å². The summed E-state index contributed by atoms with van der Waals surface area (Å²) in [4.78, 5) is 23.9. The van der Waals surface area contributed by atoms with Crippen molar-refractivity contribution in [3.05, 3.63) is 82.4 Å². The molecular formula is C22H22FN3O3. The van der Waals surface area contributed by atoms with E-state index in [1.807, 2.05) is 25.1 Å². The second-order valence-corrected chi connectivity index (χ2v) is 6.60. The fraction of sp³-hybridized carbons (Fsp3) is 0.227. The van der Waals surface area contributed by atoms with E-state index in [4.69, 9.17) is 4.74 Å². The maximum absolute atomic E-state index is 13.1. The number of ether oxygens (including phenoxy) is 1. The first-order valence-electron chi connectivity index (χ1n) is 9.31. The van der Waals surface area contributed by atoms with E-state index in [0.717, 1.165) is 11.1 Å². The maximum Gasteiger partial charge on any atom is 0.266 e. The molecule has 0 aliphatic heterocycles. The van der Waals surface area contributed by atoms with E-state index < -0.39 is 0 Å². The van der Waals surface area contributed by atoms with E-state index in [0.29, 0.717) is 31.0 Å². The molecule has 150 valence electrons. The first-order chi connectivity index (χ1) is 14.0. The van der Waals surface area contributed by atoms with Crippen molar-refractivity contribution in [2.24, 2.45) is 0 Å². The molecule has 7 heteroatoms. The number of rotatable bonds is 8. The smallest absolute Gasteiger partial charge is 0.266 e. The van der Waals surface area contributed by atoms with Gasteiger partial charge in [-0.25, -0.2) is 9.07 Å². The third-order valence-corrected chi connectivity index (χ3v) is 4.23. The summed E-state index contributed by atoms with van der Waals surface area (Å²) in [6.07, 6.45) is 0.538. The normalized spacial score (nSPS) is 10.6. The molecule has 1 amide bonds. The van der Waals surface area contributed by atoms with Crippen molar-refractivity contribution < 1.29 is 13.9 Å². The lowest BCUT2D eigenvalue weighted by molar-refractivity contribution is -0.123. The Bertz CT molecular complexity index is 1030. The summed E-state index contributed by atoms with van der Waals surface area (Å²) in [6, 6.07) is 16.4. The average molecular weight is 395 g/mol. The van der Waals surface area contributed by atoms with Gasteiger partial charge in [-0.15, -0.1) is 0 Å². The van der Waals surface area contributed by atoms with E-state index >= 15 is 0 Å². The van der Waals surface area contributed by atoms with Crippen LogP contribution in [0.15, 0.2) is 65.5 Å². The summed E-state index contributed by atoms with van der Waals surface area (Å²) >= 11 is 0. The Morgan fingerprint density at radius 1 is 1.14 bits per heavy atom. The van der Waals surface area contributed by atoms with E-state index in [2.05, 4.69) is 10.4 Å². The van der Waals surface area contributed by atoms with Crippen molar-refractivity contribution >= 4 is 5.91 Å². The Kier molecular flexibility index (Phi) is 6.73. The summed E-state index contributed by atoms with van der Waals surface area (Å²) in [5.41, 5.74) is 2.13. The highest BCUT2D eigenvalue weighted by Crippen LogP contribution is 2.15. The molecule has 0 unspecified atom stereocenters. The van der Waals surface area contributed by atoms with Gasteiger partial charge in [0.1, 0.15) is 11.6 Å². The Balaban J connectivity index is 1.47. The lowest BCUT2D eigenvalue weighted by atomic mass is 10.1. The van der Waals surface area contributed by atoms with Crippen LogP contribution in [0.5, 0.6) is 5.75 Å². The van der Waals surface area contributed by atoms with Gasteiger partial charge in [-0.1, -0.05) is 12.1 Å². The number of hydrogen-bond donors (Lipinski definition) is 1. The molecule has 6 nitrogen and oxygen atoms in total. The Morgan fingerprint density at radius 2 is 1.93 bits per heavy atom. The second-order valence-electron chi connectivity index (χ2n) is 6.60. The zero-order chi connectivity index (χ0) is 20.6. The average Bonchev–Trinajstić information content (AvgIpc) is 2.71. The highest BCUT2D eigenvalue weighted by molar-refractivity contribution is 5.77. The van der Waals surface area contributed by atoms with Crippen molar-refractivity contribution in [2.75, 3.05) is 13.2 Å². The predicted molar refractivity (Wildman–Crippen MR) is 108 cm³/mol. The zero-order valence-electron chi connectivity index (χ0n) is 16.1. The van der Waals surface area contributed by atoms with Crippen molar-refractivity contribution in [3.63, 3.8) is 0 Å². The molecule has 3 rings (SSSR count). The van der Waals surface area contributed by atoms with Gasteiger partial charge in [-0.3, -0.25) is 9.59 Å². The third-order valence-electron chi connectivity index (χ3n) is 4.23. The molecule has 0 saturated carbocycles. The number of nitrogens with zero attached hydrogens (tertiary/aromatic N) is 2. The van der Waals surface area contributed by atoms with Gasteiger partial charge < -0.3 is 10.1 Å². The van der Waals surface area contributed by atoms with Crippen LogP contribution in [0.1, 0.15) is 12.0 Å². The summed E-state index contributed by atoms with van der Waals surface area (Å²) in [5.74, 6) is 0.0876. The van der Waals surface area contributed by atoms with E-state index in [1.165, 1.54) is 22.9 Å². The summed E-state index contributed by atoms with van der Waals surface area (Å²) in [7, 11) is 0. The number of aromatic nitrogens is 2. The first kappa shape index (κ1) is 20.3. The molecule has 0 aliphatic carbocycles. The highest BCUT2D eigenvalue weighted by atomic mass is 19.1. The molecule has 29 heavy (non-hydrogen) atoms. The van der Waals surface area contributed by atoms with Crippen LogP contribution in [0.4, 0.5) is 4.39 Å².